The van der Waals surface area contributed by atoms with Crippen LogP contribution in [0, 0.1) is 11.8 Å². The molecule has 0 fully saturated rings. The molecule has 3 heterocycles. The summed E-state index contributed by atoms with van der Waals surface area (Å²) in [4.78, 5) is 42.7. The number of allylic oxidation sites excluding steroid dienone is 1. The molecule has 38 heavy (non-hydrogen) atoms. The van der Waals surface area contributed by atoms with Gasteiger partial charge in [-0.25, -0.2) is 15.0 Å². The van der Waals surface area contributed by atoms with Gasteiger partial charge in [0.2, 0.25) is 0 Å². The molecule has 5 rings (SSSR count). The number of furan rings is 1. The van der Waals surface area contributed by atoms with Gasteiger partial charge in [0.05, 0.1) is 33.4 Å². The monoisotopic (exact) mass is 530 g/mol. The Kier molecular flexibility index (Phi) is 6.64. The fourth-order valence-electron chi connectivity index (χ4n) is 4.35. The van der Waals surface area contributed by atoms with Crippen LogP contribution in [0.4, 0.5) is 5.69 Å². The first-order chi connectivity index (χ1) is 18.3. The van der Waals surface area contributed by atoms with Crippen molar-refractivity contribution in [1.29, 1.82) is 0 Å². The molecule has 0 saturated heterocycles. The van der Waals surface area contributed by atoms with Crippen molar-refractivity contribution in [1.82, 2.24) is 4.57 Å². The molecule has 1 unspecified atom stereocenters. The minimum atomic E-state index is -0.684. The number of aromatic nitrogens is 1. The van der Waals surface area contributed by atoms with Crippen LogP contribution in [0.2, 0.25) is 0 Å². The summed E-state index contributed by atoms with van der Waals surface area (Å²) in [6, 6.07) is 16.7. The zero-order valence-electron chi connectivity index (χ0n) is 20.9. The number of nitrogens with zero attached hydrogens (tertiary/aromatic N) is 3. The molecule has 4 aromatic rings. The van der Waals surface area contributed by atoms with E-state index in [4.69, 9.17) is 9.15 Å². The molecular weight excluding hydrogens is 506 g/mol. The number of hydrogen-bond donors (Lipinski definition) is 1. The normalized spacial score (nSPS) is 15.2. The molecule has 0 amide bonds. The Bertz CT molecular complexity index is 1780. The summed E-state index contributed by atoms with van der Waals surface area (Å²) in [5, 5.41) is 9.19. The molecule has 0 spiro atoms. The Morgan fingerprint density at radius 2 is 1.95 bits per heavy atom. The van der Waals surface area contributed by atoms with E-state index >= 15 is 0 Å². The predicted molar refractivity (Wildman–Crippen MR) is 141 cm³/mol. The Balaban J connectivity index is 1.61. The molecule has 0 radical (unpaired) electrons. The summed E-state index contributed by atoms with van der Waals surface area (Å²) < 4.78 is 13.2. The molecule has 1 aliphatic rings. The third kappa shape index (κ3) is 4.61. The largest absolute Gasteiger partial charge is 0.463 e. The number of esters is 1. The quantitative estimate of drug-likeness (QED) is 0.296. The summed E-state index contributed by atoms with van der Waals surface area (Å²) >= 11 is 1.20. The van der Waals surface area contributed by atoms with E-state index in [9.17, 15) is 19.7 Å². The van der Waals surface area contributed by atoms with Crippen molar-refractivity contribution in [2.45, 2.75) is 26.8 Å². The Hall–Kier alpha value is -4.57. The average Bonchev–Trinajstić information content (AvgIpc) is 3.48. The number of carbonyl (C=O) groups excluding carboxylic acids is 1. The third-order valence-corrected chi connectivity index (χ3v) is 7.14. The van der Waals surface area contributed by atoms with Crippen LogP contribution in [0.15, 0.2) is 86.1 Å². The lowest BCUT2D eigenvalue weighted by molar-refractivity contribution is -0.729. The van der Waals surface area contributed by atoms with E-state index in [0.717, 1.165) is 11.1 Å². The predicted octanol–water partition coefficient (Wildman–Crippen LogP) is 4.17. The van der Waals surface area contributed by atoms with Gasteiger partial charge < -0.3 is 9.15 Å². The molecule has 9 nitrogen and oxygen atoms in total. The van der Waals surface area contributed by atoms with Crippen LogP contribution in [0.5, 0.6) is 0 Å². The minimum absolute atomic E-state index is 0.0673. The van der Waals surface area contributed by atoms with E-state index in [0.29, 0.717) is 37.7 Å². The second-order valence-corrected chi connectivity index (χ2v) is 9.75. The molecule has 1 N–H and O–H groups in total. The Labute approximate surface area is 220 Å². The van der Waals surface area contributed by atoms with Gasteiger partial charge in [0, 0.05) is 23.8 Å². The molecule has 0 bridgehead atoms. The summed E-state index contributed by atoms with van der Waals surface area (Å²) in [7, 11) is 0. The molecule has 0 aliphatic carbocycles. The lowest BCUT2D eigenvalue weighted by Gasteiger charge is -2.24. The molecular formula is C28H24N3O6S+. The van der Waals surface area contributed by atoms with Crippen LogP contribution in [0.3, 0.4) is 0 Å². The molecule has 192 valence electrons. The number of ether oxygens (including phenoxy) is 1. The molecule has 0 saturated carbocycles. The smallest absolute Gasteiger partial charge is 0.338 e. The first kappa shape index (κ1) is 25.1. The Morgan fingerprint density at radius 1 is 1.18 bits per heavy atom. The zero-order chi connectivity index (χ0) is 27.0. The summed E-state index contributed by atoms with van der Waals surface area (Å²) in [6.07, 6.45) is 1.62. The second kappa shape index (κ2) is 10.1. The van der Waals surface area contributed by atoms with E-state index in [-0.39, 0.29) is 22.8 Å². The standard InChI is InChI=1S/C28H24N3O6S/c1-4-36-27(33)24-17(3)29-28-30(25(24)18-10-8-16(2)9-11-18)26(32)23(38-28)15-21-12-13-22(37-21)19-6-5-7-20(14-19)31(34)35/h5-15,25H,4H2,1-3H3,(H,34,35)/q+1/b23-15-. The van der Waals surface area contributed by atoms with Gasteiger partial charge in [0.1, 0.15) is 11.5 Å². The number of benzene rings is 2. The minimum Gasteiger partial charge on any atom is -0.463 e. The zero-order valence-corrected chi connectivity index (χ0v) is 21.7. The van der Waals surface area contributed by atoms with Gasteiger partial charge in [-0.05, 0) is 38.5 Å². The van der Waals surface area contributed by atoms with E-state index in [1.165, 1.54) is 28.0 Å². The van der Waals surface area contributed by atoms with E-state index in [1.807, 2.05) is 31.2 Å². The average molecular weight is 531 g/mol. The van der Waals surface area contributed by atoms with Crippen molar-refractivity contribution in [2.75, 3.05) is 6.61 Å². The van der Waals surface area contributed by atoms with Gasteiger partial charge >= 0.3 is 11.7 Å². The highest BCUT2D eigenvalue weighted by Crippen LogP contribution is 2.31. The lowest BCUT2D eigenvalue weighted by atomic mass is 9.95. The molecule has 10 heteroatoms. The fraction of sp³-hybridized carbons (Fsp3) is 0.179. The highest BCUT2D eigenvalue weighted by molar-refractivity contribution is 7.07. The highest BCUT2D eigenvalue weighted by Gasteiger charge is 2.33. The first-order valence-corrected chi connectivity index (χ1v) is 12.7. The van der Waals surface area contributed by atoms with Crippen molar-refractivity contribution in [3.05, 3.63) is 113 Å². The van der Waals surface area contributed by atoms with Crippen molar-refractivity contribution >= 4 is 29.1 Å². The number of carbonyl (C=O) groups is 1. The van der Waals surface area contributed by atoms with Crippen molar-refractivity contribution < 1.29 is 24.1 Å². The second-order valence-electron chi connectivity index (χ2n) is 8.74. The van der Waals surface area contributed by atoms with Crippen LogP contribution in [0.1, 0.15) is 36.8 Å². The number of fused-ring (bicyclic) bond motifs is 1. The van der Waals surface area contributed by atoms with Gasteiger partial charge in [-0.3, -0.25) is 9.36 Å². The Morgan fingerprint density at radius 3 is 2.66 bits per heavy atom. The van der Waals surface area contributed by atoms with Gasteiger partial charge in [-0.1, -0.05) is 53.3 Å². The molecule has 1 aliphatic heterocycles. The van der Waals surface area contributed by atoms with E-state index in [2.05, 4.69) is 4.99 Å². The van der Waals surface area contributed by atoms with Gasteiger partial charge in [-0.2, -0.15) is 0 Å². The summed E-state index contributed by atoms with van der Waals surface area (Å²) in [5.74, 6) is 0.378. The number of thiazole rings is 1. The topological polar surface area (TPSA) is 114 Å². The number of rotatable bonds is 6. The maximum Gasteiger partial charge on any atom is 0.338 e. The van der Waals surface area contributed by atoms with Crippen LogP contribution < -0.4 is 14.9 Å². The van der Waals surface area contributed by atoms with Crippen LogP contribution >= 0.6 is 11.3 Å². The van der Waals surface area contributed by atoms with Gasteiger partial charge in [0.15, 0.2) is 4.80 Å². The van der Waals surface area contributed by atoms with Crippen molar-refractivity contribution in [3.63, 3.8) is 0 Å². The van der Waals surface area contributed by atoms with Crippen molar-refractivity contribution in [3.8, 4) is 11.3 Å². The molecule has 1 atom stereocenters. The van der Waals surface area contributed by atoms with Crippen molar-refractivity contribution in [2.24, 2.45) is 4.99 Å². The van der Waals surface area contributed by atoms with E-state index < -0.39 is 12.0 Å². The summed E-state index contributed by atoms with van der Waals surface area (Å²) in [6.45, 7) is 5.65. The van der Waals surface area contributed by atoms with Crippen LogP contribution in [0.25, 0.3) is 17.4 Å². The first-order valence-electron chi connectivity index (χ1n) is 11.9. The maximum atomic E-state index is 13.7. The van der Waals surface area contributed by atoms with Gasteiger partial charge in [0.25, 0.3) is 10.5 Å². The SMILES string of the molecule is CCOC(=O)C1=C(C)N=c2s/c(=C\c3ccc(-c4cccc([N+](=O)O)c4)o3)c(=O)n2C1c1ccc(C)cc1. The number of hydrogen-bond acceptors (Lipinski definition) is 7. The molecule has 2 aromatic heterocycles. The third-order valence-electron chi connectivity index (χ3n) is 6.16. The summed E-state index contributed by atoms with van der Waals surface area (Å²) in [5.41, 5.74) is 3.00. The van der Waals surface area contributed by atoms with Crippen LogP contribution in [-0.4, -0.2) is 27.3 Å². The lowest BCUT2D eigenvalue weighted by Crippen LogP contribution is -2.39. The van der Waals surface area contributed by atoms with E-state index in [1.54, 1.807) is 44.2 Å². The maximum absolute atomic E-state index is 13.7. The fourth-order valence-corrected chi connectivity index (χ4v) is 5.38. The number of aryl methyl sites for hydroxylation is 1. The van der Waals surface area contributed by atoms with Crippen LogP contribution in [-0.2, 0) is 9.53 Å². The van der Waals surface area contributed by atoms with Gasteiger partial charge in [-0.15, -0.1) is 0 Å². The highest BCUT2D eigenvalue weighted by atomic mass is 32.1. The molecule has 2 aromatic carbocycles.